The number of nitrogens with one attached hydrogen (secondary N) is 4. The van der Waals surface area contributed by atoms with Crippen LogP contribution in [-0.4, -0.2) is 28.1 Å². The number of hydrogen-bond donors (Lipinski definition) is 4. The molecule has 2 atom stereocenters. The van der Waals surface area contributed by atoms with Gasteiger partial charge in [-0.25, -0.2) is 14.0 Å². The second kappa shape index (κ2) is 20.8. The largest absolute Gasteiger partial charge is 0.416 e. The molecule has 2 heterocycles. The summed E-state index contributed by atoms with van der Waals surface area (Å²) >= 11 is 6.02. The van der Waals surface area contributed by atoms with Gasteiger partial charge in [-0.05, 0) is 119 Å². The van der Waals surface area contributed by atoms with Gasteiger partial charge in [-0.15, -0.1) is 0 Å². The van der Waals surface area contributed by atoms with Crippen molar-refractivity contribution in [3.63, 3.8) is 0 Å². The van der Waals surface area contributed by atoms with Crippen LogP contribution in [-0.2, 0) is 42.7 Å². The molecule has 8 nitrogen and oxygen atoms in total. The van der Waals surface area contributed by atoms with Crippen molar-refractivity contribution in [3.05, 3.63) is 231 Å². The van der Waals surface area contributed by atoms with Crippen molar-refractivity contribution in [3.8, 4) is 0 Å². The van der Waals surface area contributed by atoms with Gasteiger partial charge in [0.25, 0.3) is 0 Å². The Bertz CT molecular complexity index is 2950. The maximum atomic E-state index is 14.5. The standard InChI is InChI=1S/C54H46ClF7N6O2/c55-45-32-44(21-22-46(45)56)66-50(70)68-52(34-36-13-5-2-6-14-36,40-16-10-18-42(31-40)54(60,61)62)48-29-38(24-26-64-48)27-37-23-25-63-47(28-37)51(33-35-11-3-1-4-12-35,67-49(69)65-43-19-7-8-20-43)39-15-9-17-41(30-39)53(57,58)59/h1-6,9-18,21-26,28-32,43H,7-8,19-20,27,33-34H2,(H2,65,67,69)(H2,66,68,70). The number of amides is 4. The number of alkyl halides is 6. The minimum absolute atomic E-state index is 0.0138. The molecule has 5 aromatic carbocycles. The number of nitrogens with zero attached hydrogens (tertiary/aromatic N) is 2. The highest BCUT2D eigenvalue weighted by Crippen LogP contribution is 2.40. The summed E-state index contributed by atoms with van der Waals surface area (Å²) in [5.41, 5.74) is -2.11. The molecule has 2 aromatic heterocycles. The van der Waals surface area contributed by atoms with Crippen LogP contribution in [0.2, 0.25) is 5.02 Å². The van der Waals surface area contributed by atoms with Crippen LogP contribution >= 0.6 is 11.6 Å². The highest BCUT2D eigenvalue weighted by Gasteiger charge is 2.42. The van der Waals surface area contributed by atoms with Crippen molar-refractivity contribution in [2.45, 2.75) is 74.4 Å². The normalized spacial score (nSPS) is 14.8. The number of aromatic nitrogens is 2. The van der Waals surface area contributed by atoms with Gasteiger partial charge in [0.15, 0.2) is 0 Å². The second-order valence-electron chi connectivity index (χ2n) is 17.4. The average molecular weight is 979 g/mol. The Morgan fingerprint density at radius 3 is 1.49 bits per heavy atom. The zero-order chi connectivity index (χ0) is 49.5. The lowest BCUT2D eigenvalue weighted by Gasteiger charge is -2.36. The van der Waals surface area contributed by atoms with E-state index in [-0.39, 0.29) is 58.5 Å². The molecule has 2 unspecified atom stereocenters. The molecule has 0 spiro atoms. The first-order chi connectivity index (χ1) is 33.5. The number of pyridine rings is 2. The van der Waals surface area contributed by atoms with Gasteiger partial charge < -0.3 is 21.3 Å². The zero-order valence-corrected chi connectivity index (χ0v) is 38.1. The third-order valence-electron chi connectivity index (χ3n) is 12.4. The topological polar surface area (TPSA) is 108 Å². The van der Waals surface area contributed by atoms with Crippen molar-refractivity contribution in [2.24, 2.45) is 0 Å². The molecule has 1 fully saturated rings. The van der Waals surface area contributed by atoms with Crippen LogP contribution in [0.25, 0.3) is 0 Å². The van der Waals surface area contributed by atoms with Crippen LogP contribution in [0.5, 0.6) is 0 Å². The molecular weight excluding hydrogens is 933 g/mol. The lowest BCUT2D eigenvalue weighted by atomic mass is 9.79. The quantitative estimate of drug-likeness (QED) is 0.0814. The Morgan fingerprint density at radius 2 is 1.01 bits per heavy atom. The van der Waals surface area contributed by atoms with Crippen molar-refractivity contribution in [2.75, 3.05) is 5.32 Å². The van der Waals surface area contributed by atoms with E-state index in [2.05, 4.69) is 21.3 Å². The predicted molar refractivity (Wildman–Crippen MR) is 254 cm³/mol. The molecule has 4 N–H and O–H groups in total. The fourth-order valence-electron chi connectivity index (χ4n) is 9.05. The number of carbonyl (C=O) groups excluding carboxylic acids is 2. The Labute approximate surface area is 404 Å². The van der Waals surface area contributed by atoms with E-state index in [1.807, 2.05) is 18.2 Å². The minimum Gasteiger partial charge on any atom is -0.335 e. The maximum absolute atomic E-state index is 14.5. The Kier molecular flexibility index (Phi) is 14.6. The van der Waals surface area contributed by atoms with Crippen LogP contribution in [0.1, 0.15) is 81.6 Å². The number of urea groups is 2. The smallest absolute Gasteiger partial charge is 0.335 e. The molecule has 1 saturated carbocycles. The summed E-state index contributed by atoms with van der Waals surface area (Å²) in [7, 11) is 0. The highest BCUT2D eigenvalue weighted by atomic mass is 35.5. The summed E-state index contributed by atoms with van der Waals surface area (Å²) in [5.74, 6) is -0.726. The summed E-state index contributed by atoms with van der Waals surface area (Å²) in [6.45, 7) is 0. The molecule has 0 saturated heterocycles. The molecule has 0 bridgehead atoms. The molecular formula is C54H46ClF7N6O2. The number of rotatable bonds is 14. The van der Waals surface area contributed by atoms with Gasteiger partial charge in [0.2, 0.25) is 0 Å². The maximum Gasteiger partial charge on any atom is 0.416 e. The number of benzene rings is 5. The van der Waals surface area contributed by atoms with Gasteiger partial charge in [0.05, 0.1) is 27.5 Å². The molecule has 1 aliphatic rings. The number of hydrogen-bond acceptors (Lipinski definition) is 4. The lowest BCUT2D eigenvalue weighted by Crippen LogP contribution is -2.54. The second-order valence-corrected chi connectivity index (χ2v) is 17.8. The first-order valence-corrected chi connectivity index (χ1v) is 22.8. The van der Waals surface area contributed by atoms with Crippen LogP contribution in [0, 0.1) is 5.82 Å². The molecule has 7 aromatic rings. The fraction of sp³-hybridized carbons (Fsp3) is 0.222. The van der Waals surface area contributed by atoms with E-state index < -0.39 is 52.4 Å². The summed E-state index contributed by atoms with van der Waals surface area (Å²) < 4.78 is 101. The van der Waals surface area contributed by atoms with Crippen molar-refractivity contribution in [1.82, 2.24) is 25.9 Å². The summed E-state index contributed by atoms with van der Waals surface area (Å²) in [5, 5.41) is 11.4. The summed E-state index contributed by atoms with van der Waals surface area (Å²) in [4.78, 5) is 37.6. The summed E-state index contributed by atoms with van der Waals surface area (Å²) in [6, 6.07) is 36.0. The molecule has 16 heteroatoms. The first kappa shape index (κ1) is 49.2. The van der Waals surface area contributed by atoms with Crippen LogP contribution in [0.15, 0.2) is 164 Å². The van der Waals surface area contributed by atoms with Crippen LogP contribution in [0.4, 0.5) is 46.0 Å². The number of carbonyl (C=O) groups is 2. The van der Waals surface area contributed by atoms with Gasteiger partial charge in [-0.2, -0.15) is 26.3 Å². The third kappa shape index (κ3) is 11.6. The number of anilines is 1. The zero-order valence-electron chi connectivity index (χ0n) is 37.4. The van der Waals surface area contributed by atoms with Gasteiger partial charge in [-0.3, -0.25) is 9.97 Å². The van der Waals surface area contributed by atoms with Crippen LogP contribution in [0.3, 0.4) is 0 Å². The number of halogens is 8. The van der Waals surface area contributed by atoms with Crippen LogP contribution < -0.4 is 21.3 Å². The molecule has 0 radical (unpaired) electrons. The molecule has 360 valence electrons. The molecule has 70 heavy (non-hydrogen) atoms. The minimum atomic E-state index is -4.76. The molecule has 8 rings (SSSR count). The van der Waals surface area contributed by atoms with E-state index in [1.54, 1.807) is 66.7 Å². The fourth-order valence-corrected chi connectivity index (χ4v) is 9.23. The first-order valence-electron chi connectivity index (χ1n) is 22.5. The van der Waals surface area contributed by atoms with E-state index in [0.29, 0.717) is 22.3 Å². The Morgan fingerprint density at radius 1 is 0.543 bits per heavy atom. The predicted octanol–water partition coefficient (Wildman–Crippen LogP) is 12.9. The van der Waals surface area contributed by atoms with Crippen molar-refractivity contribution < 1.29 is 40.3 Å². The van der Waals surface area contributed by atoms with E-state index >= 15 is 0 Å². The Hall–Kier alpha value is -7.26. The van der Waals surface area contributed by atoms with E-state index in [9.17, 15) is 40.3 Å². The van der Waals surface area contributed by atoms with Gasteiger partial charge in [0.1, 0.15) is 16.9 Å². The summed E-state index contributed by atoms with van der Waals surface area (Å²) in [6.07, 6.45) is -3.06. The third-order valence-corrected chi connectivity index (χ3v) is 12.7. The SMILES string of the molecule is O=C(Nc1ccc(F)c(Cl)c1)NC(Cc1ccccc1)(c1cccc(C(F)(F)F)c1)c1cc(Cc2ccnc(C(Cc3ccccc3)(NC(=O)NC3CCCC3)c3cccc(C(F)(F)F)c3)c2)ccn1. The average Bonchev–Trinajstić information content (AvgIpc) is 3.85. The highest BCUT2D eigenvalue weighted by molar-refractivity contribution is 6.31. The van der Waals surface area contributed by atoms with Crippen molar-refractivity contribution >= 4 is 29.4 Å². The van der Waals surface area contributed by atoms with Gasteiger partial charge >= 0.3 is 24.4 Å². The monoisotopic (exact) mass is 978 g/mol. The van der Waals surface area contributed by atoms with Gasteiger partial charge in [0, 0.05) is 37.0 Å². The lowest BCUT2D eigenvalue weighted by molar-refractivity contribution is -0.138. The Balaban J connectivity index is 1.24. The van der Waals surface area contributed by atoms with E-state index in [0.717, 1.165) is 56.0 Å². The molecule has 4 amide bonds. The van der Waals surface area contributed by atoms with Crippen molar-refractivity contribution in [1.29, 1.82) is 0 Å². The van der Waals surface area contributed by atoms with E-state index in [1.165, 1.54) is 48.8 Å². The molecule has 0 aliphatic heterocycles. The van der Waals surface area contributed by atoms with Gasteiger partial charge in [-0.1, -0.05) is 109 Å². The van der Waals surface area contributed by atoms with E-state index in [4.69, 9.17) is 21.6 Å². The molecule has 1 aliphatic carbocycles.